The van der Waals surface area contributed by atoms with Crippen LogP contribution in [-0.4, -0.2) is 0 Å². The van der Waals surface area contributed by atoms with Crippen molar-refractivity contribution in [1.82, 2.24) is 0 Å². The standard InChI is InChI=1S/C54H38OS/c1-53(2)43-18-8-4-13-35(43)38-26-23-32(29-46(38)53)51(33-24-27-40-39-16-7-11-21-47(39)55-48(40)30-33)42-17-12-22-49-52(42)41-28-25-34(31-50(41)56-49)54(3)44-19-9-5-14-36(44)37-15-6-10-20-45(37)54/h4-31,51H,1-3H3. The third-order valence-corrected chi connectivity index (χ3v) is 14.4. The molecule has 0 saturated heterocycles. The zero-order valence-electron chi connectivity index (χ0n) is 31.6. The average molecular weight is 735 g/mol. The fraction of sp³-hybridized carbons (Fsp3) is 0.111. The number of hydrogen-bond donors (Lipinski definition) is 0. The second-order valence-corrected chi connectivity index (χ2v) is 17.6. The van der Waals surface area contributed by atoms with Gasteiger partial charge in [0.25, 0.3) is 0 Å². The van der Waals surface area contributed by atoms with Crippen LogP contribution in [-0.2, 0) is 10.8 Å². The van der Waals surface area contributed by atoms with Gasteiger partial charge in [0.15, 0.2) is 0 Å². The molecule has 0 aliphatic heterocycles. The Bertz CT molecular complexity index is 3220. The van der Waals surface area contributed by atoms with Gasteiger partial charge < -0.3 is 4.42 Å². The molecule has 0 N–H and O–H groups in total. The van der Waals surface area contributed by atoms with Gasteiger partial charge in [-0.25, -0.2) is 0 Å². The summed E-state index contributed by atoms with van der Waals surface area (Å²) in [6.45, 7) is 7.17. The molecule has 12 rings (SSSR count). The van der Waals surface area contributed by atoms with Crippen LogP contribution in [0.4, 0.5) is 0 Å². The van der Waals surface area contributed by atoms with E-state index in [2.05, 4.69) is 191 Å². The van der Waals surface area contributed by atoms with E-state index in [1.165, 1.54) is 86.9 Å². The van der Waals surface area contributed by atoms with Gasteiger partial charge in [-0.1, -0.05) is 159 Å². The number of furan rings is 1. The summed E-state index contributed by atoms with van der Waals surface area (Å²) in [4.78, 5) is 0. The minimum absolute atomic E-state index is 0.00953. The molecule has 10 aromatic rings. The van der Waals surface area contributed by atoms with Crippen molar-refractivity contribution in [2.75, 3.05) is 0 Å². The SMILES string of the molecule is CC1(C)c2ccccc2-c2ccc(C(c3ccc4c(c3)oc3ccccc34)c3cccc4sc5cc(C6(C)c7ccccc7-c7ccccc76)ccc5c34)cc21. The van der Waals surface area contributed by atoms with Gasteiger partial charge in [-0.15, -0.1) is 11.3 Å². The Hall–Kier alpha value is -6.22. The molecule has 8 aromatic carbocycles. The lowest BCUT2D eigenvalue weighted by atomic mass is 9.74. The van der Waals surface area contributed by atoms with Gasteiger partial charge in [0.2, 0.25) is 0 Å². The van der Waals surface area contributed by atoms with Crippen LogP contribution in [0.3, 0.4) is 0 Å². The summed E-state index contributed by atoms with van der Waals surface area (Å²) in [6.07, 6.45) is 0. The lowest BCUT2D eigenvalue weighted by Gasteiger charge is -2.28. The Labute approximate surface area is 330 Å². The molecule has 2 aliphatic carbocycles. The summed E-state index contributed by atoms with van der Waals surface area (Å²) in [5.74, 6) is -0.00953. The fourth-order valence-electron chi connectivity index (χ4n) is 10.5. The van der Waals surface area contributed by atoms with Gasteiger partial charge in [-0.2, -0.15) is 0 Å². The summed E-state index contributed by atoms with van der Waals surface area (Å²) in [6, 6.07) is 63.6. The number of hydrogen-bond acceptors (Lipinski definition) is 2. The van der Waals surface area contributed by atoms with Gasteiger partial charge in [0.1, 0.15) is 11.2 Å². The van der Waals surface area contributed by atoms with Crippen LogP contribution in [0.2, 0.25) is 0 Å². The fourth-order valence-corrected chi connectivity index (χ4v) is 11.7. The molecule has 1 nitrogen and oxygen atoms in total. The van der Waals surface area contributed by atoms with Crippen molar-refractivity contribution in [2.24, 2.45) is 0 Å². The maximum absolute atomic E-state index is 6.53. The quantitative estimate of drug-likeness (QED) is 0.164. The molecule has 2 heteroatoms. The van der Waals surface area contributed by atoms with Crippen molar-refractivity contribution in [3.63, 3.8) is 0 Å². The van der Waals surface area contributed by atoms with Gasteiger partial charge in [-0.3, -0.25) is 0 Å². The lowest BCUT2D eigenvalue weighted by molar-refractivity contribution is 0.658. The van der Waals surface area contributed by atoms with Crippen LogP contribution in [0, 0.1) is 0 Å². The van der Waals surface area contributed by atoms with E-state index in [0.717, 1.165) is 21.9 Å². The van der Waals surface area contributed by atoms with Crippen molar-refractivity contribution >= 4 is 53.4 Å². The van der Waals surface area contributed by atoms with Crippen LogP contribution in [0.5, 0.6) is 0 Å². The molecule has 0 saturated carbocycles. The Morgan fingerprint density at radius 2 is 1.05 bits per heavy atom. The van der Waals surface area contributed by atoms with E-state index in [9.17, 15) is 0 Å². The summed E-state index contributed by atoms with van der Waals surface area (Å²) in [5, 5.41) is 4.97. The Kier molecular flexibility index (Phi) is 6.53. The zero-order valence-corrected chi connectivity index (χ0v) is 32.4. The van der Waals surface area contributed by atoms with E-state index < -0.39 is 0 Å². The first kappa shape index (κ1) is 32.1. The Balaban J connectivity index is 1.08. The second kappa shape index (κ2) is 11.4. The maximum Gasteiger partial charge on any atom is 0.135 e. The summed E-state index contributed by atoms with van der Waals surface area (Å²) in [5.41, 5.74) is 17.7. The van der Waals surface area contributed by atoms with Crippen LogP contribution in [0.25, 0.3) is 64.4 Å². The lowest BCUT2D eigenvalue weighted by Crippen LogP contribution is -2.22. The predicted octanol–water partition coefficient (Wildman–Crippen LogP) is 14.8. The second-order valence-electron chi connectivity index (χ2n) is 16.5. The Morgan fingerprint density at radius 3 is 1.84 bits per heavy atom. The van der Waals surface area contributed by atoms with Crippen molar-refractivity contribution in [1.29, 1.82) is 0 Å². The third-order valence-electron chi connectivity index (χ3n) is 13.3. The molecule has 0 fully saturated rings. The molecule has 266 valence electrons. The van der Waals surface area contributed by atoms with Gasteiger partial charge >= 0.3 is 0 Å². The average Bonchev–Trinajstić information content (AvgIpc) is 3.94. The number of thiophene rings is 1. The molecular weight excluding hydrogens is 697 g/mol. The smallest absolute Gasteiger partial charge is 0.135 e. The molecular formula is C54H38OS. The van der Waals surface area contributed by atoms with Gasteiger partial charge in [0, 0.05) is 47.7 Å². The molecule has 2 heterocycles. The summed E-state index contributed by atoms with van der Waals surface area (Å²) in [7, 11) is 0. The van der Waals surface area contributed by atoms with Crippen molar-refractivity contribution in [3.8, 4) is 22.3 Å². The minimum Gasteiger partial charge on any atom is -0.456 e. The minimum atomic E-state index is -0.236. The first-order valence-corrected chi connectivity index (χ1v) is 20.5. The molecule has 56 heavy (non-hydrogen) atoms. The molecule has 0 radical (unpaired) electrons. The number of rotatable bonds is 4. The molecule has 0 amide bonds. The highest BCUT2D eigenvalue weighted by Gasteiger charge is 2.41. The first-order valence-electron chi connectivity index (χ1n) is 19.7. The highest BCUT2D eigenvalue weighted by atomic mass is 32.1. The number of para-hydroxylation sites is 1. The topological polar surface area (TPSA) is 13.1 Å². The first-order chi connectivity index (χ1) is 27.4. The molecule has 1 unspecified atom stereocenters. The highest BCUT2D eigenvalue weighted by Crippen LogP contribution is 2.54. The molecule has 2 aliphatic rings. The van der Waals surface area contributed by atoms with Crippen molar-refractivity contribution < 1.29 is 4.42 Å². The third kappa shape index (κ3) is 4.25. The summed E-state index contributed by atoms with van der Waals surface area (Å²) >= 11 is 1.92. The van der Waals surface area contributed by atoms with Crippen LogP contribution in [0.15, 0.2) is 174 Å². The van der Waals surface area contributed by atoms with E-state index in [4.69, 9.17) is 4.42 Å². The summed E-state index contributed by atoms with van der Waals surface area (Å²) < 4.78 is 9.17. The van der Waals surface area contributed by atoms with E-state index >= 15 is 0 Å². The van der Waals surface area contributed by atoms with Crippen molar-refractivity contribution in [2.45, 2.75) is 37.5 Å². The molecule has 1 atom stereocenters. The predicted molar refractivity (Wildman–Crippen MR) is 235 cm³/mol. The van der Waals surface area contributed by atoms with Gasteiger partial charge in [0.05, 0.1) is 0 Å². The van der Waals surface area contributed by atoms with Gasteiger partial charge in [-0.05, 0) is 98.0 Å². The van der Waals surface area contributed by atoms with E-state index in [1.54, 1.807) is 0 Å². The van der Waals surface area contributed by atoms with Crippen molar-refractivity contribution in [3.05, 3.63) is 214 Å². The zero-order chi connectivity index (χ0) is 37.3. The van der Waals surface area contributed by atoms with Crippen LogP contribution >= 0.6 is 11.3 Å². The van der Waals surface area contributed by atoms with E-state index in [1.807, 2.05) is 11.3 Å². The number of fused-ring (bicyclic) bond motifs is 12. The Morgan fingerprint density at radius 1 is 0.446 bits per heavy atom. The van der Waals surface area contributed by atoms with Crippen LogP contribution in [0.1, 0.15) is 71.2 Å². The van der Waals surface area contributed by atoms with E-state index in [0.29, 0.717) is 0 Å². The molecule has 0 spiro atoms. The highest BCUT2D eigenvalue weighted by molar-refractivity contribution is 7.25. The van der Waals surface area contributed by atoms with Crippen LogP contribution < -0.4 is 0 Å². The maximum atomic E-state index is 6.53. The molecule has 2 aromatic heterocycles. The largest absolute Gasteiger partial charge is 0.456 e. The van der Waals surface area contributed by atoms with E-state index in [-0.39, 0.29) is 16.7 Å². The number of benzene rings is 8. The molecule has 0 bridgehead atoms. The normalized spacial score (nSPS) is 15.3. The monoisotopic (exact) mass is 734 g/mol.